The van der Waals surface area contributed by atoms with Gasteiger partial charge in [-0.1, -0.05) is 11.6 Å². The first-order chi connectivity index (χ1) is 13.2. The molecule has 1 unspecified atom stereocenters. The van der Waals surface area contributed by atoms with Gasteiger partial charge in [0.2, 0.25) is 0 Å². The molecule has 1 aromatic rings. The van der Waals surface area contributed by atoms with E-state index in [2.05, 4.69) is 5.32 Å². The number of allylic oxidation sites excluding steroid dienone is 3. The van der Waals surface area contributed by atoms with Gasteiger partial charge in [-0.25, -0.2) is 4.79 Å². The highest BCUT2D eigenvalue weighted by Gasteiger charge is 2.39. The number of ether oxygens (including phenoxy) is 2. The van der Waals surface area contributed by atoms with Crippen molar-refractivity contribution in [2.75, 3.05) is 7.11 Å². The number of rotatable bonds is 4. The predicted octanol–water partition coefficient (Wildman–Crippen LogP) is 3.97. The Morgan fingerprint density at radius 3 is 2.68 bits per heavy atom. The molecule has 2 N–H and O–H groups in total. The number of esters is 1. The van der Waals surface area contributed by atoms with Gasteiger partial charge in [0.1, 0.15) is 0 Å². The lowest BCUT2D eigenvalue weighted by Crippen LogP contribution is -2.35. The van der Waals surface area contributed by atoms with Crippen molar-refractivity contribution in [2.24, 2.45) is 0 Å². The van der Waals surface area contributed by atoms with Crippen LogP contribution in [-0.4, -0.2) is 30.1 Å². The Balaban J connectivity index is 2.22. The van der Waals surface area contributed by atoms with Gasteiger partial charge in [0.05, 0.1) is 23.8 Å². The van der Waals surface area contributed by atoms with E-state index in [1.54, 1.807) is 32.9 Å². The van der Waals surface area contributed by atoms with E-state index in [1.165, 1.54) is 7.11 Å². The normalized spacial score (nSPS) is 19.5. The Morgan fingerprint density at radius 2 is 2.04 bits per heavy atom. The van der Waals surface area contributed by atoms with Crippen molar-refractivity contribution < 1.29 is 24.2 Å². The summed E-state index contributed by atoms with van der Waals surface area (Å²) in [4.78, 5) is 25.8. The number of ketones is 1. The van der Waals surface area contributed by atoms with Crippen LogP contribution < -0.4 is 10.1 Å². The second kappa shape index (κ2) is 7.87. The molecule has 7 heteroatoms. The summed E-state index contributed by atoms with van der Waals surface area (Å²) in [6.45, 7) is 5.35. The first-order valence-electron chi connectivity index (χ1n) is 9.26. The van der Waals surface area contributed by atoms with Crippen LogP contribution in [0.3, 0.4) is 0 Å². The summed E-state index contributed by atoms with van der Waals surface area (Å²) in [7, 11) is 1.42. The number of dihydropyridines is 1. The van der Waals surface area contributed by atoms with Crippen molar-refractivity contribution in [1.29, 1.82) is 0 Å². The third-order valence-electron chi connectivity index (χ3n) is 4.94. The molecule has 0 amide bonds. The van der Waals surface area contributed by atoms with Crippen molar-refractivity contribution in [3.8, 4) is 11.5 Å². The van der Waals surface area contributed by atoms with Gasteiger partial charge in [-0.15, -0.1) is 0 Å². The number of benzene rings is 1. The van der Waals surface area contributed by atoms with Crippen molar-refractivity contribution in [1.82, 2.24) is 5.32 Å². The quantitative estimate of drug-likeness (QED) is 0.737. The number of halogens is 1. The number of carbonyl (C=O) groups excluding carboxylic acids is 2. The van der Waals surface area contributed by atoms with E-state index in [0.29, 0.717) is 28.8 Å². The van der Waals surface area contributed by atoms with Crippen molar-refractivity contribution >= 4 is 23.4 Å². The Morgan fingerprint density at radius 1 is 1.32 bits per heavy atom. The Hall–Kier alpha value is -2.47. The minimum Gasteiger partial charge on any atom is -0.503 e. The van der Waals surface area contributed by atoms with Crippen molar-refractivity contribution in [3.63, 3.8) is 0 Å². The van der Waals surface area contributed by atoms with E-state index in [0.717, 1.165) is 18.5 Å². The molecule has 28 heavy (non-hydrogen) atoms. The van der Waals surface area contributed by atoms with Crippen LogP contribution in [0.2, 0.25) is 5.02 Å². The number of Topliss-reactive ketones (excluding diaryl/α,β-unsaturated/α-hetero) is 1. The molecular formula is C21H24ClNO5. The van der Waals surface area contributed by atoms with Gasteiger partial charge in [0.25, 0.3) is 0 Å². The number of hydrogen-bond acceptors (Lipinski definition) is 6. The topological polar surface area (TPSA) is 84.9 Å². The van der Waals surface area contributed by atoms with Gasteiger partial charge in [0, 0.05) is 29.3 Å². The smallest absolute Gasteiger partial charge is 0.337 e. The predicted molar refractivity (Wildman–Crippen MR) is 105 cm³/mol. The molecule has 1 atom stereocenters. The van der Waals surface area contributed by atoms with Gasteiger partial charge >= 0.3 is 5.97 Å². The summed E-state index contributed by atoms with van der Waals surface area (Å²) in [6.07, 6.45) is 1.61. The molecule has 1 aliphatic carbocycles. The molecule has 0 saturated heterocycles. The minimum atomic E-state index is -0.637. The Labute approximate surface area is 169 Å². The second-order valence-electron chi connectivity index (χ2n) is 7.27. The number of phenols is 1. The molecular weight excluding hydrogens is 382 g/mol. The number of methoxy groups -OCH3 is 1. The van der Waals surface area contributed by atoms with Crippen LogP contribution in [-0.2, 0) is 14.3 Å². The monoisotopic (exact) mass is 405 g/mol. The van der Waals surface area contributed by atoms with E-state index in [1.807, 2.05) is 0 Å². The number of phenolic OH excluding ortho intramolecular Hbond substituents is 1. The van der Waals surface area contributed by atoms with Crippen LogP contribution in [0.25, 0.3) is 0 Å². The van der Waals surface area contributed by atoms with E-state index in [-0.39, 0.29) is 28.4 Å². The maximum absolute atomic E-state index is 12.9. The van der Waals surface area contributed by atoms with Crippen LogP contribution in [0.4, 0.5) is 0 Å². The fourth-order valence-electron chi connectivity index (χ4n) is 3.78. The minimum absolute atomic E-state index is 0.00994. The number of hydrogen-bond donors (Lipinski definition) is 2. The molecule has 0 saturated carbocycles. The number of aromatic hydroxyl groups is 1. The number of nitrogens with one attached hydrogen (secondary N) is 1. The SMILES string of the molecule is COc1cc(C2C(C(=O)OC(C)C)=C(C)NC3=C2C(=O)CCC3)cc(Cl)c1O. The zero-order chi connectivity index (χ0) is 20.6. The van der Waals surface area contributed by atoms with Crippen LogP contribution in [0.15, 0.2) is 34.7 Å². The van der Waals surface area contributed by atoms with Crippen LogP contribution in [0, 0.1) is 0 Å². The van der Waals surface area contributed by atoms with Crippen LogP contribution >= 0.6 is 11.6 Å². The van der Waals surface area contributed by atoms with Gasteiger partial charge in [-0.3, -0.25) is 4.79 Å². The van der Waals surface area contributed by atoms with Gasteiger partial charge in [-0.2, -0.15) is 0 Å². The highest BCUT2D eigenvalue weighted by molar-refractivity contribution is 6.32. The lowest BCUT2D eigenvalue weighted by Gasteiger charge is -2.34. The maximum atomic E-state index is 12.9. The Kier molecular flexibility index (Phi) is 5.70. The summed E-state index contributed by atoms with van der Waals surface area (Å²) in [5.41, 5.74) is 2.98. The first kappa shape index (κ1) is 20.3. The average Bonchev–Trinajstić information content (AvgIpc) is 2.62. The summed E-state index contributed by atoms with van der Waals surface area (Å²) in [5, 5.41) is 13.4. The zero-order valence-electron chi connectivity index (χ0n) is 16.4. The molecule has 2 aliphatic rings. The summed E-state index contributed by atoms with van der Waals surface area (Å²) < 4.78 is 10.7. The fourth-order valence-corrected chi connectivity index (χ4v) is 4.00. The largest absolute Gasteiger partial charge is 0.503 e. The fraction of sp³-hybridized carbons (Fsp3) is 0.429. The van der Waals surface area contributed by atoms with Crippen molar-refractivity contribution in [2.45, 2.75) is 52.1 Å². The lowest BCUT2D eigenvalue weighted by atomic mass is 9.75. The Bertz CT molecular complexity index is 900. The molecule has 3 rings (SSSR count). The molecule has 0 aromatic heterocycles. The highest BCUT2D eigenvalue weighted by Crippen LogP contribution is 2.46. The molecule has 6 nitrogen and oxygen atoms in total. The van der Waals surface area contributed by atoms with Gasteiger partial charge < -0.3 is 19.9 Å². The second-order valence-corrected chi connectivity index (χ2v) is 7.68. The van der Waals surface area contributed by atoms with E-state index >= 15 is 0 Å². The summed E-state index contributed by atoms with van der Waals surface area (Å²) >= 11 is 6.20. The zero-order valence-corrected chi connectivity index (χ0v) is 17.1. The van der Waals surface area contributed by atoms with Gasteiger partial charge in [-0.05, 0) is 51.3 Å². The van der Waals surface area contributed by atoms with Crippen molar-refractivity contribution in [3.05, 3.63) is 45.3 Å². The molecule has 1 heterocycles. The van der Waals surface area contributed by atoms with E-state index in [4.69, 9.17) is 21.1 Å². The first-order valence-corrected chi connectivity index (χ1v) is 9.63. The standard InChI is InChI=1S/C21H24ClNO5/c1-10(2)28-21(26)17-11(3)23-14-6-5-7-15(24)19(14)18(17)12-8-13(22)20(25)16(9-12)27-4/h8-10,18,23,25H,5-7H2,1-4H3. The molecule has 0 spiro atoms. The average molecular weight is 406 g/mol. The maximum Gasteiger partial charge on any atom is 0.337 e. The molecule has 1 aliphatic heterocycles. The third kappa shape index (κ3) is 3.61. The number of carbonyl (C=O) groups is 2. The van der Waals surface area contributed by atoms with Crippen LogP contribution in [0.5, 0.6) is 11.5 Å². The molecule has 150 valence electrons. The lowest BCUT2D eigenvalue weighted by molar-refractivity contribution is -0.143. The molecule has 0 radical (unpaired) electrons. The van der Waals surface area contributed by atoms with Crippen LogP contribution in [0.1, 0.15) is 51.5 Å². The molecule has 0 fully saturated rings. The molecule has 0 bridgehead atoms. The summed E-state index contributed by atoms with van der Waals surface area (Å²) in [5.74, 6) is -1.14. The van der Waals surface area contributed by atoms with Gasteiger partial charge in [0.15, 0.2) is 17.3 Å². The van der Waals surface area contributed by atoms with E-state index in [9.17, 15) is 14.7 Å². The highest BCUT2D eigenvalue weighted by atomic mass is 35.5. The molecule has 1 aromatic carbocycles. The summed E-state index contributed by atoms with van der Waals surface area (Å²) in [6, 6.07) is 3.18. The van der Waals surface area contributed by atoms with E-state index < -0.39 is 11.9 Å². The third-order valence-corrected chi connectivity index (χ3v) is 5.23.